The van der Waals surface area contributed by atoms with Crippen molar-refractivity contribution < 1.29 is 14.7 Å². The zero-order valence-corrected chi connectivity index (χ0v) is 15.2. The summed E-state index contributed by atoms with van der Waals surface area (Å²) in [5.74, 6) is -0.0758. The molecule has 2 aliphatic rings. The van der Waals surface area contributed by atoms with E-state index in [-0.39, 0.29) is 11.9 Å². The third-order valence-corrected chi connectivity index (χ3v) is 5.31. The van der Waals surface area contributed by atoms with Crippen LogP contribution in [-0.2, 0) is 11.3 Å². The molecule has 2 fully saturated rings. The van der Waals surface area contributed by atoms with Gasteiger partial charge in [0.05, 0.1) is 5.92 Å². The first-order valence-electron chi connectivity index (χ1n) is 9.59. The number of carbonyl (C=O) groups is 2. The van der Waals surface area contributed by atoms with E-state index < -0.39 is 5.97 Å². The SMILES string of the molecule is O=C(O)C1CCN(C(=O)NCc2ccc(N3CCCCCC3)nc2)CC1. The maximum atomic E-state index is 12.2. The number of rotatable bonds is 4. The molecule has 0 atom stereocenters. The number of anilines is 1. The van der Waals surface area contributed by atoms with Gasteiger partial charge >= 0.3 is 12.0 Å². The molecule has 7 heteroatoms. The van der Waals surface area contributed by atoms with Crippen molar-refractivity contribution in [3.63, 3.8) is 0 Å². The lowest BCUT2D eigenvalue weighted by Crippen LogP contribution is -2.45. The topological polar surface area (TPSA) is 85.8 Å². The highest BCUT2D eigenvalue weighted by atomic mass is 16.4. The van der Waals surface area contributed by atoms with Crippen molar-refractivity contribution in [3.8, 4) is 0 Å². The number of urea groups is 1. The zero-order valence-electron chi connectivity index (χ0n) is 15.2. The summed E-state index contributed by atoms with van der Waals surface area (Å²) in [5, 5.41) is 11.9. The molecule has 26 heavy (non-hydrogen) atoms. The van der Waals surface area contributed by atoms with Crippen molar-refractivity contribution in [1.82, 2.24) is 15.2 Å². The fourth-order valence-electron chi connectivity index (χ4n) is 3.63. The highest BCUT2D eigenvalue weighted by Crippen LogP contribution is 2.18. The summed E-state index contributed by atoms with van der Waals surface area (Å²) in [4.78, 5) is 31.8. The summed E-state index contributed by atoms with van der Waals surface area (Å²) >= 11 is 0. The molecule has 0 saturated carbocycles. The maximum Gasteiger partial charge on any atom is 0.317 e. The second-order valence-corrected chi connectivity index (χ2v) is 7.18. The van der Waals surface area contributed by atoms with Gasteiger partial charge < -0.3 is 20.2 Å². The van der Waals surface area contributed by atoms with E-state index in [1.54, 1.807) is 4.90 Å². The molecule has 7 nitrogen and oxygen atoms in total. The van der Waals surface area contributed by atoms with Crippen LogP contribution in [0.1, 0.15) is 44.1 Å². The molecule has 3 rings (SSSR count). The van der Waals surface area contributed by atoms with Gasteiger partial charge in [-0.1, -0.05) is 18.9 Å². The number of carboxylic acid groups (broad SMARTS) is 1. The van der Waals surface area contributed by atoms with E-state index in [1.165, 1.54) is 25.7 Å². The van der Waals surface area contributed by atoms with Crippen LogP contribution in [0.3, 0.4) is 0 Å². The largest absolute Gasteiger partial charge is 0.481 e. The van der Waals surface area contributed by atoms with Crippen LogP contribution >= 0.6 is 0 Å². The summed E-state index contributed by atoms with van der Waals surface area (Å²) in [7, 11) is 0. The molecule has 0 spiro atoms. The Morgan fingerprint density at radius 2 is 1.77 bits per heavy atom. The lowest BCUT2D eigenvalue weighted by atomic mass is 9.97. The first kappa shape index (κ1) is 18.5. The molecule has 2 saturated heterocycles. The van der Waals surface area contributed by atoms with Crippen molar-refractivity contribution >= 4 is 17.8 Å². The Morgan fingerprint density at radius 1 is 1.08 bits per heavy atom. The van der Waals surface area contributed by atoms with Crippen LogP contribution in [-0.4, -0.2) is 53.2 Å². The van der Waals surface area contributed by atoms with E-state index in [0.29, 0.717) is 32.5 Å². The molecule has 0 aliphatic carbocycles. The fourth-order valence-corrected chi connectivity index (χ4v) is 3.63. The van der Waals surface area contributed by atoms with Crippen LogP contribution < -0.4 is 10.2 Å². The number of likely N-dealkylation sites (tertiary alicyclic amines) is 1. The highest BCUT2D eigenvalue weighted by Gasteiger charge is 2.26. The van der Waals surface area contributed by atoms with Gasteiger partial charge in [-0.3, -0.25) is 4.79 Å². The smallest absolute Gasteiger partial charge is 0.317 e. The minimum Gasteiger partial charge on any atom is -0.481 e. The van der Waals surface area contributed by atoms with Crippen molar-refractivity contribution in [2.45, 2.75) is 45.1 Å². The summed E-state index contributed by atoms with van der Waals surface area (Å²) in [6, 6.07) is 3.92. The number of nitrogens with one attached hydrogen (secondary N) is 1. The van der Waals surface area contributed by atoms with Gasteiger partial charge in [0.2, 0.25) is 0 Å². The van der Waals surface area contributed by atoms with Crippen LogP contribution in [0, 0.1) is 5.92 Å². The van der Waals surface area contributed by atoms with Gasteiger partial charge in [-0.25, -0.2) is 9.78 Å². The molecule has 142 valence electrons. The number of carbonyl (C=O) groups excluding carboxylic acids is 1. The van der Waals surface area contributed by atoms with Gasteiger partial charge in [-0.05, 0) is 37.3 Å². The number of nitrogens with zero attached hydrogens (tertiary/aromatic N) is 3. The Bertz CT molecular complexity index is 604. The molecule has 2 aliphatic heterocycles. The fraction of sp³-hybridized carbons (Fsp3) is 0.632. The molecular formula is C19H28N4O3. The van der Waals surface area contributed by atoms with Crippen LogP contribution in [0.4, 0.5) is 10.6 Å². The highest BCUT2D eigenvalue weighted by molar-refractivity contribution is 5.75. The van der Waals surface area contributed by atoms with E-state index in [0.717, 1.165) is 24.5 Å². The number of hydrogen-bond acceptors (Lipinski definition) is 4. The van der Waals surface area contributed by atoms with Crippen LogP contribution in [0.2, 0.25) is 0 Å². The molecule has 1 aromatic heterocycles. The Kier molecular flexibility index (Phi) is 6.30. The van der Waals surface area contributed by atoms with E-state index in [1.807, 2.05) is 18.3 Å². The molecular weight excluding hydrogens is 332 g/mol. The predicted octanol–water partition coefficient (Wildman–Crippen LogP) is 2.47. The van der Waals surface area contributed by atoms with E-state index in [4.69, 9.17) is 5.11 Å². The van der Waals surface area contributed by atoms with Crippen molar-refractivity contribution in [1.29, 1.82) is 0 Å². The van der Waals surface area contributed by atoms with Crippen LogP contribution in [0.5, 0.6) is 0 Å². The Balaban J connectivity index is 1.46. The zero-order chi connectivity index (χ0) is 18.4. The number of hydrogen-bond donors (Lipinski definition) is 2. The van der Waals surface area contributed by atoms with Crippen molar-refractivity contribution in [2.75, 3.05) is 31.1 Å². The molecule has 1 aromatic rings. The van der Waals surface area contributed by atoms with E-state index in [2.05, 4.69) is 15.2 Å². The molecule has 0 bridgehead atoms. The average Bonchev–Trinajstić information content (AvgIpc) is 2.96. The third-order valence-electron chi connectivity index (χ3n) is 5.31. The second kappa shape index (κ2) is 8.87. The lowest BCUT2D eigenvalue weighted by Gasteiger charge is -2.30. The van der Waals surface area contributed by atoms with Crippen molar-refractivity contribution in [2.24, 2.45) is 5.92 Å². The maximum absolute atomic E-state index is 12.2. The summed E-state index contributed by atoms with van der Waals surface area (Å²) in [6.45, 7) is 3.56. The van der Waals surface area contributed by atoms with Gasteiger partial charge in [0.15, 0.2) is 0 Å². The van der Waals surface area contributed by atoms with E-state index in [9.17, 15) is 9.59 Å². The van der Waals surface area contributed by atoms with Crippen molar-refractivity contribution in [3.05, 3.63) is 23.9 Å². The number of amides is 2. The Labute approximate surface area is 154 Å². The standard InChI is InChI=1S/C19H28N4O3/c24-18(25)16-7-11-23(12-8-16)19(26)21-14-15-5-6-17(20-13-15)22-9-3-1-2-4-10-22/h5-6,13,16H,1-4,7-12,14H2,(H,21,26)(H,24,25). The first-order chi connectivity index (χ1) is 12.6. The molecule has 2 amide bonds. The average molecular weight is 360 g/mol. The quantitative estimate of drug-likeness (QED) is 0.861. The Morgan fingerprint density at radius 3 is 2.35 bits per heavy atom. The Hall–Kier alpha value is -2.31. The van der Waals surface area contributed by atoms with Gasteiger partial charge in [-0.15, -0.1) is 0 Å². The minimum absolute atomic E-state index is 0.134. The normalized spacial score (nSPS) is 19.1. The van der Waals surface area contributed by atoms with Gasteiger partial charge in [0.1, 0.15) is 5.82 Å². The minimum atomic E-state index is -0.763. The number of aliphatic carboxylic acids is 1. The lowest BCUT2D eigenvalue weighted by molar-refractivity contribution is -0.143. The predicted molar refractivity (Wildman–Crippen MR) is 99.1 cm³/mol. The third kappa shape index (κ3) is 4.86. The van der Waals surface area contributed by atoms with Crippen LogP contribution in [0.15, 0.2) is 18.3 Å². The summed E-state index contributed by atoms with van der Waals surface area (Å²) in [6.07, 6.45) is 7.91. The van der Waals surface area contributed by atoms with Gasteiger partial charge in [0.25, 0.3) is 0 Å². The second-order valence-electron chi connectivity index (χ2n) is 7.18. The molecule has 0 radical (unpaired) electrons. The molecule has 3 heterocycles. The monoisotopic (exact) mass is 360 g/mol. The summed E-state index contributed by atoms with van der Waals surface area (Å²) in [5.41, 5.74) is 0.970. The number of carboxylic acids is 1. The number of aromatic nitrogens is 1. The van der Waals surface area contributed by atoms with Crippen LogP contribution in [0.25, 0.3) is 0 Å². The molecule has 2 N–H and O–H groups in total. The summed E-state index contributed by atoms with van der Waals surface area (Å²) < 4.78 is 0. The van der Waals surface area contributed by atoms with E-state index >= 15 is 0 Å². The first-order valence-corrected chi connectivity index (χ1v) is 9.59. The van der Waals surface area contributed by atoms with Gasteiger partial charge in [0, 0.05) is 38.9 Å². The van der Waals surface area contributed by atoms with Gasteiger partial charge in [-0.2, -0.15) is 0 Å². The number of pyridine rings is 1. The molecule has 0 unspecified atom stereocenters. The molecule has 0 aromatic carbocycles. The number of piperidine rings is 1.